The van der Waals surface area contributed by atoms with E-state index in [1.54, 1.807) is 12.1 Å². The molecule has 1 aliphatic carbocycles. The van der Waals surface area contributed by atoms with Crippen molar-refractivity contribution in [3.8, 4) is 11.3 Å². The van der Waals surface area contributed by atoms with Crippen LogP contribution in [0.5, 0.6) is 0 Å². The molecule has 0 aromatic heterocycles. The van der Waals surface area contributed by atoms with Gasteiger partial charge in [-0.05, 0) is 36.8 Å². The number of benzene rings is 3. The highest BCUT2D eigenvalue weighted by Crippen LogP contribution is 2.40. The fraction of sp³-hybridized carbons (Fsp3) is 0.286. The largest absolute Gasteiger partial charge is 0.456 e. The standard InChI is InChI=1S/C28H31N2O3/c1-6-10-24(33-28(31)19-11-8-7-9-12-19)27-22-15-13-20(29(2)3)17-25(22)32-26-18-21(30(4)5)14-16-23(26)27/h7-9,11-18,24H,6,10H2,1-5H3/q+1. The minimum Gasteiger partial charge on any atom is -0.456 e. The van der Waals surface area contributed by atoms with Crippen molar-refractivity contribution in [1.29, 1.82) is 0 Å². The molecule has 5 heteroatoms. The number of fused-ring (bicyclic) bond motifs is 2. The molecule has 5 nitrogen and oxygen atoms in total. The van der Waals surface area contributed by atoms with Crippen molar-refractivity contribution in [2.45, 2.75) is 25.9 Å². The molecule has 2 aromatic carbocycles. The Morgan fingerprint density at radius 3 is 2.45 bits per heavy atom. The predicted molar refractivity (Wildman–Crippen MR) is 134 cm³/mol. The maximum Gasteiger partial charge on any atom is 0.338 e. The van der Waals surface area contributed by atoms with Gasteiger partial charge in [-0.15, -0.1) is 0 Å². The van der Waals surface area contributed by atoms with E-state index in [1.165, 1.54) is 0 Å². The molecule has 0 radical (unpaired) electrons. The molecule has 0 saturated heterocycles. The van der Waals surface area contributed by atoms with E-state index >= 15 is 0 Å². The summed E-state index contributed by atoms with van der Waals surface area (Å²) >= 11 is 0. The lowest BCUT2D eigenvalue weighted by molar-refractivity contribution is 0.0279. The highest BCUT2D eigenvalue weighted by molar-refractivity contribution is 5.92. The van der Waals surface area contributed by atoms with Gasteiger partial charge in [0.1, 0.15) is 31.5 Å². The number of hydrogen-bond acceptors (Lipinski definition) is 4. The third kappa shape index (κ3) is 4.63. The molecule has 0 saturated carbocycles. The van der Waals surface area contributed by atoms with Crippen molar-refractivity contribution in [2.75, 3.05) is 33.1 Å². The highest BCUT2D eigenvalue weighted by Gasteiger charge is 2.26. The molecule has 33 heavy (non-hydrogen) atoms. The zero-order valence-corrected chi connectivity index (χ0v) is 20.0. The first kappa shape index (κ1) is 22.6. The normalized spacial score (nSPS) is 12.0. The molecule has 2 aliphatic rings. The summed E-state index contributed by atoms with van der Waals surface area (Å²) in [5, 5.41) is 2.01. The first-order chi connectivity index (χ1) is 15.9. The van der Waals surface area contributed by atoms with E-state index in [-0.39, 0.29) is 12.1 Å². The summed E-state index contributed by atoms with van der Waals surface area (Å²) in [5.74, 6) is 0.461. The Morgan fingerprint density at radius 2 is 1.79 bits per heavy atom. The fourth-order valence-corrected chi connectivity index (χ4v) is 4.10. The number of rotatable bonds is 6. The second-order valence-electron chi connectivity index (χ2n) is 8.71. The maximum absolute atomic E-state index is 13.0. The van der Waals surface area contributed by atoms with Gasteiger partial charge in [0.2, 0.25) is 5.36 Å². The van der Waals surface area contributed by atoms with Crippen molar-refractivity contribution in [3.05, 3.63) is 83.2 Å². The van der Waals surface area contributed by atoms with Crippen LogP contribution in [0.15, 0.2) is 71.1 Å². The molecule has 1 unspecified atom stereocenters. The van der Waals surface area contributed by atoms with E-state index < -0.39 is 0 Å². The van der Waals surface area contributed by atoms with Gasteiger partial charge in [0.15, 0.2) is 0 Å². The van der Waals surface area contributed by atoms with Crippen LogP contribution in [0.4, 0.5) is 5.69 Å². The van der Waals surface area contributed by atoms with Gasteiger partial charge in [-0.3, -0.25) is 0 Å². The van der Waals surface area contributed by atoms with Crippen LogP contribution in [0.25, 0.3) is 22.3 Å². The SMILES string of the molecule is CCCC(OC(=O)c1ccccc1)c1c2ccc(=[N+](C)C)cc-2oc2cc(N(C)C)ccc12. The van der Waals surface area contributed by atoms with Gasteiger partial charge >= 0.3 is 5.97 Å². The van der Waals surface area contributed by atoms with Crippen LogP contribution in [-0.4, -0.2) is 34.2 Å². The Kier molecular flexibility index (Phi) is 6.50. The lowest BCUT2D eigenvalue weighted by atomic mass is 9.93. The smallest absolute Gasteiger partial charge is 0.338 e. The highest BCUT2D eigenvalue weighted by atomic mass is 16.5. The third-order valence-corrected chi connectivity index (χ3v) is 5.90. The van der Waals surface area contributed by atoms with Crippen molar-refractivity contribution in [3.63, 3.8) is 0 Å². The fourth-order valence-electron chi connectivity index (χ4n) is 4.10. The number of hydrogen-bond donors (Lipinski definition) is 0. The lowest BCUT2D eigenvalue weighted by Crippen LogP contribution is -2.21. The average Bonchev–Trinajstić information content (AvgIpc) is 2.81. The molecule has 2 aromatic rings. The van der Waals surface area contributed by atoms with Gasteiger partial charge in [0.25, 0.3) is 0 Å². The van der Waals surface area contributed by atoms with Gasteiger partial charge in [0, 0.05) is 48.4 Å². The van der Waals surface area contributed by atoms with Gasteiger partial charge in [-0.1, -0.05) is 31.5 Å². The van der Waals surface area contributed by atoms with E-state index in [0.29, 0.717) is 5.56 Å². The van der Waals surface area contributed by atoms with E-state index in [0.717, 1.165) is 51.7 Å². The Bertz CT molecular complexity index is 1320. The maximum atomic E-state index is 13.0. The van der Waals surface area contributed by atoms with Crippen LogP contribution < -0.4 is 14.8 Å². The quantitative estimate of drug-likeness (QED) is 0.229. The summed E-state index contributed by atoms with van der Waals surface area (Å²) in [4.78, 5) is 15.1. The summed E-state index contributed by atoms with van der Waals surface area (Å²) < 4.78 is 14.6. The topological polar surface area (TPSA) is 45.7 Å². The number of nitrogens with zero attached hydrogens (tertiary/aromatic N) is 2. The Balaban J connectivity index is 1.95. The molecule has 0 bridgehead atoms. The molecule has 0 spiro atoms. The Hall–Kier alpha value is -3.60. The first-order valence-electron chi connectivity index (χ1n) is 11.3. The number of carbonyl (C=O) groups excluding carboxylic acids is 1. The summed E-state index contributed by atoms with van der Waals surface area (Å²) in [6.45, 7) is 2.11. The number of ether oxygens (including phenoxy) is 1. The lowest BCUT2D eigenvalue weighted by Gasteiger charge is -2.24. The van der Waals surface area contributed by atoms with Crippen molar-refractivity contribution >= 4 is 22.6 Å². The molecule has 0 amide bonds. The Morgan fingerprint density at radius 1 is 1.03 bits per heavy atom. The van der Waals surface area contributed by atoms with Gasteiger partial charge in [-0.25, -0.2) is 9.37 Å². The van der Waals surface area contributed by atoms with Crippen molar-refractivity contribution < 1.29 is 13.9 Å². The van der Waals surface area contributed by atoms with Crippen LogP contribution in [-0.2, 0) is 4.74 Å². The summed E-state index contributed by atoms with van der Waals surface area (Å²) in [6, 6.07) is 21.5. The van der Waals surface area contributed by atoms with E-state index in [1.807, 2.05) is 68.0 Å². The minimum atomic E-state index is -0.389. The molecule has 1 atom stereocenters. The molecule has 1 aliphatic heterocycles. The molecule has 0 fully saturated rings. The van der Waals surface area contributed by atoms with Gasteiger partial charge in [-0.2, -0.15) is 0 Å². The number of carbonyl (C=O) groups is 1. The van der Waals surface area contributed by atoms with Crippen LogP contribution in [0, 0.1) is 0 Å². The predicted octanol–water partition coefficient (Wildman–Crippen LogP) is 5.33. The second kappa shape index (κ2) is 9.49. The van der Waals surface area contributed by atoms with Gasteiger partial charge in [0.05, 0.1) is 11.6 Å². The zero-order valence-electron chi connectivity index (χ0n) is 20.0. The minimum absolute atomic E-state index is 0.314. The van der Waals surface area contributed by atoms with E-state index in [4.69, 9.17) is 9.15 Å². The van der Waals surface area contributed by atoms with Crippen LogP contribution in [0.1, 0.15) is 41.8 Å². The summed E-state index contributed by atoms with van der Waals surface area (Å²) in [6.07, 6.45) is 1.21. The third-order valence-electron chi connectivity index (χ3n) is 5.90. The van der Waals surface area contributed by atoms with E-state index in [2.05, 4.69) is 31.2 Å². The molecule has 4 rings (SSSR count). The van der Waals surface area contributed by atoms with Crippen molar-refractivity contribution in [1.82, 2.24) is 4.58 Å². The van der Waals surface area contributed by atoms with E-state index in [9.17, 15) is 4.79 Å². The van der Waals surface area contributed by atoms with Crippen LogP contribution >= 0.6 is 0 Å². The molecule has 170 valence electrons. The number of anilines is 1. The summed E-state index contributed by atoms with van der Waals surface area (Å²) in [7, 11) is 8.03. The molecule has 1 heterocycles. The monoisotopic (exact) mass is 443 g/mol. The molecular weight excluding hydrogens is 412 g/mol. The summed E-state index contributed by atoms with van der Waals surface area (Å²) in [5.41, 5.74) is 4.33. The average molecular weight is 444 g/mol. The van der Waals surface area contributed by atoms with Crippen molar-refractivity contribution in [2.24, 2.45) is 0 Å². The van der Waals surface area contributed by atoms with Gasteiger partial charge < -0.3 is 14.1 Å². The Labute approximate surface area is 194 Å². The number of esters is 1. The zero-order chi connectivity index (χ0) is 23.5. The molecule has 0 N–H and O–H groups in total. The molecular formula is C28H31N2O3+. The second-order valence-corrected chi connectivity index (χ2v) is 8.71. The van der Waals surface area contributed by atoms with Crippen LogP contribution in [0.3, 0.4) is 0 Å². The first-order valence-corrected chi connectivity index (χ1v) is 11.3. The van der Waals surface area contributed by atoms with Crippen LogP contribution in [0.2, 0.25) is 0 Å².